The number of aromatic amines is 1. The van der Waals surface area contributed by atoms with Crippen LogP contribution in [0.5, 0.6) is 0 Å². The van der Waals surface area contributed by atoms with Crippen molar-refractivity contribution in [3.63, 3.8) is 0 Å². The van der Waals surface area contributed by atoms with Crippen molar-refractivity contribution in [2.45, 2.75) is 26.4 Å². The summed E-state index contributed by atoms with van der Waals surface area (Å²) in [5.74, 6) is 0.0746. The van der Waals surface area contributed by atoms with Gasteiger partial charge in [0, 0.05) is 29.6 Å². The van der Waals surface area contributed by atoms with Crippen LogP contribution >= 0.6 is 11.3 Å². The highest BCUT2D eigenvalue weighted by Gasteiger charge is 2.35. The van der Waals surface area contributed by atoms with Crippen LogP contribution in [-0.4, -0.2) is 45.3 Å². The fourth-order valence-electron chi connectivity index (χ4n) is 2.77. The normalized spacial score (nSPS) is 22.0. The first kappa shape index (κ1) is 14.3. The first-order chi connectivity index (χ1) is 10.0. The molecule has 3 rings (SSSR count). The Balaban J connectivity index is 1.66. The molecule has 5 nitrogen and oxygen atoms in total. The maximum Gasteiger partial charge on any atom is 0.264 e. The Morgan fingerprint density at radius 1 is 1.48 bits per heavy atom. The van der Waals surface area contributed by atoms with Gasteiger partial charge in [-0.3, -0.25) is 9.89 Å². The molecule has 2 aromatic heterocycles. The molecule has 1 fully saturated rings. The van der Waals surface area contributed by atoms with Crippen LogP contribution in [0.1, 0.15) is 25.9 Å². The van der Waals surface area contributed by atoms with Gasteiger partial charge in [-0.2, -0.15) is 5.10 Å². The van der Waals surface area contributed by atoms with Crippen LogP contribution in [0.3, 0.4) is 0 Å². The van der Waals surface area contributed by atoms with E-state index in [-0.39, 0.29) is 11.8 Å². The molecular weight excluding hydrogens is 286 g/mol. The summed E-state index contributed by atoms with van der Waals surface area (Å²) in [6, 6.07) is 5.80. The molecule has 1 amide bonds. The second-order valence-corrected chi connectivity index (χ2v) is 6.98. The van der Waals surface area contributed by atoms with Gasteiger partial charge in [0.25, 0.3) is 5.91 Å². The zero-order valence-electron chi connectivity index (χ0n) is 12.2. The molecule has 3 heterocycles. The van der Waals surface area contributed by atoms with E-state index in [0.29, 0.717) is 19.5 Å². The Morgan fingerprint density at radius 3 is 2.90 bits per heavy atom. The van der Waals surface area contributed by atoms with Crippen LogP contribution in [0.2, 0.25) is 0 Å². The van der Waals surface area contributed by atoms with Gasteiger partial charge in [-0.25, -0.2) is 0 Å². The molecule has 0 radical (unpaired) electrons. The van der Waals surface area contributed by atoms with Gasteiger partial charge in [0.2, 0.25) is 0 Å². The molecule has 2 unspecified atom stereocenters. The summed E-state index contributed by atoms with van der Waals surface area (Å²) in [4.78, 5) is 16.0. The molecule has 0 aliphatic carbocycles. The summed E-state index contributed by atoms with van der Waals surface area (Å²) in [5, 5.41) is 17.3. The van der Waals surface area contributed by atoms with E-state index in [9.17, 15) is 9.90 Å². The summed E-state index contributed by atoms with van der Waals surface area (Å²) in [6.07, 6.45) is 0.214. The lowest BCUT2D eigenvalue weighted by molar-refractivity contribution is 0.0769. The number of β-amino-alcohol motifs (C(OH)–C–C–N with tert-alkyl or cyclic N) is 1. The lowest BCUT2D eigenvalue weighted by Crippen LogP contribution is -2.28. The smallest absolute Gasteiger partial charge is 0.264 e. The highest BCUT2D eigenvalue weighted by molar-refractivity contribution is 7.13. The van der Waals surface area contributed by atoms with E-state index in [1.807, 2.05) is 32.0 Å². The molecule has 21 heavy (non-hydrogen) atoms. The van der Waals surface area contributed by atoms with E-state index in [1.165, 1.54) is 11.3 Å². The van der Waals surface area contributed by atoms with E-state index in [4.69, 9.17) is 0 Å². The number of aliphatic hydroxyl groups is 1. The number of carbonyl (C=O) groups excluding carboxylic acids is 1. The van der Waals surface area contributed by atoms with Crippen molar-refractivity contribution >= 4 is 17.2 Å². The Hall–Kier alpha value is -1.66. The monoisotopic (exact) mass is 305 g/mol. The zero-order chi connectivity index (χ0) is 15.0. The highest BCUT2D eigenvalue weighted by Crippen LogP contribution is 2.25. The topological polar surface area (TPSA) is 69.2 Å². The van der Waals surface area contributed by atoms with Crippen molar-refractivity contribution < 1.29 is 9.90 Å². The number of aliphatic hydroxyl groups excluding tert-OH is 1. The number of amides is 1. The summed E-state index contributed by atoms with van der Waals surface area (Å²) in [5.41, 5.74) is 1.96. The van der Waals surface area contributed by atoms with Gasteiger partial charge in [-0.1, -0.05) is 0 Å². The largest absolute Gasteiger partial charge is 0.391 e. The van der Waals surface area contributed by atoms with Crippen molar-refractivity contribution in [3.8, 4) is 0 Å². The second-order valence-electron chi connectivity index (χ2n) is 5.69. The minimum Gasteiger partial charge on any atom is -0.391 e. The van der Waals surface area contributed by atoms with Gasteiger partial charge in [0.1, 0.15) is 0 Å². The molecule has 1 saturated heterocycles. The quantitative estimate of drug-likeness (QED) is 0.908. The van der Waals surface area contributed by atoms with Gasteiger partial charge < -0.3 is 10.0 Å². The van der Waals surface area contributed by atoms with Crippen LogP contribution in [-0.2, 0) is 6.42 Å². The average Bonchev–Trinajstić information content (AvgIpc) is 3.12. The second kappa shape index (κ2) is 5.61. The molecular formula is C15H19N3O2S. The van der Waals surface area contributed by atoms with E-state index < -0.39 is 6.10 Å². The predicted molar refractivity (Wildman–Crippen MR) is 81.5 cm³/mol. The van der Waals surface area contributed by atoms with Gasteiger partial charge >= 0.3 is 0 Å². The predicted octanol–water partition coefficient (Wildman–Crippen LogP) is 1.76. The average molecular weight is 305 g/mol. The molecule has 0 saturated carbocycles. The van der Waals surface area contributed by atoms with Gasteiger partial charge in [-0.15, -0.1) is 11.3 Å². The van der Waals surface area contributed by atoms with Gasteiger partial charge in [0.05, 0.1) is 16.7 Å². The molecule has 1 aliphatic rings. The minimum atomic E-state index is -0.480. The third kappa shape index (κ3) is 3.01. The Bertz CT molecular complexity index is 649. The summed E-state index contributed by atoms with van der Waals surface area (Å²) < 4.78 is 0. The van der Waals surface area contributed by atoms with Crippen LogP contribution in [0.25, 0.3) is 0 Å². The standard InChI is InChI=1S/C15H19N3O2S/c1-9-5-12(17-16-9)6-11-7-18(8-13(11)19)15(20)14-4-3-10(2)21-14/h3-5,11,13,19H,6-8H2,1-2H3,(H,16,17). The molecule has 2 aromatic rings. The van der Waals surface area contributed by atoms with Crippen LogP contribution in [0, 0.1) is 19.8 Å². The number of nitrogens with zero attached hydrogens (tertiary/aromatic N) is 2. The number of carbonyl (C=O) groups is 1. The van der Waals surface area contributed by atoms with E-state index in [0.717, 1.165) is 21.1 Å². The minimum absolute atomic E-state index is 0.0212. The maximum absolute atomic E-state index is 12.4. The molecule has 0 aromatic carbocycles. The summed E-state index contributed by atoms with van der Waals surface area (Å²) >= 11 is 1.50. The van der Waals surface area contributed by atoms with Gasteiger partial charge in [-0.05, 0) is 38.5 Å². The number of rotatable bonds is 3. The third-order valence-corrected chi connectivity index (χ3v) is 4.86. The van der Waals surface area contributed by atoms with Crippen molar-refractivity contribution in [1.29, 1.82) is 0 Å². The first-order valence-electron chi connectivity index (χ1n) is 7.07. The highest BCUT2D eigenvalue weighted by atomic mass is 32.1. The van der Waals surface area contributed by atoms with Crippen molar-refractivity contribution in [2.24, 2.45) is 5.92 Å². The Labute approximate surface area is 127 Å². The van der Waals surface area contributed by atoms with Crippen LogP contribution < -0.4 is 0 Å². The molecule has 6 heteroatoms. The summed E-state index contributed by atoms with van der Waals surface area (Å²) in [6.45, 7) is 4.94. The number of aromatic nitrogens is 2. The van der Waals surface area contributed by atoms with E-state index >= 15 is 0 Å². The maximum atomic E-state index is 12.4. The fraction of sp³-hybridized carbons (Fsp3) is 0.467. The number of aryl methyl sites for hydroxylation is 2. The van der Waals surface area contributed by atoms with Crippen LogP contribution in [0.4, 0.5) is 0 Å². The number of thiophene rings is 1. The van der Waals surface area contributed by atoms with E-state index in [1.54, 1.807) is 4.90 Å². The number of hydrogen-bond acceptors (Lipinski definition) is 4. The van der Waals surface area contributed by atoms with Crippen molar-refractivity contribution in [1.82, 2.24) is 15.1 Å². The van der Waals surface area contributed by atoms with Crippen molar-refractivity contribution in [3.05, 3.63) is 39.3 Å². The number of hydrogen-bond donors (Lipinski definition) is 2. The Kier molecular flexibility index (Phi) is 3.82. The van der Waals surface area contributed by atoms with E-state index in [2.05, 4.69) is 10.2 Å². The lowest BCUT2D eigenvalue weighted by atomic mass is 10.0. The van der Waals surface area contributed by atoms with Crippen LogP contribution in [0.15, 0.2) is 18.2 Å². The summed E-state index contributed by atoms with van der Waals surface area (Å²) in [7, 11) is 0. The number of nitrogens with one attached hydrogen (secondary N) is 1. The molecule has 1 aliphatic heterocycles. The number of likely N-dealkylation sites (tertiary alicyclic amines) is 1. The van der Waals surface area contributed by atoms with Crippen molar-refractivity contribution in [2.75, 3.05) is 13.1 Å². The first-order valence-corrected chi connectivity index (χ1v) is 7.89. The lowest BCUT2D eigenvalue weighted by Gasteiger charge is -2.14. The molecule has 2 N–H and O–H groups in total. The number of H-pyrrole nitrogens is 1. The third-order valence-electron chi connectivity index (χ3n) is 3.88. The Morgan fingerprint density at radius 2 is 2.29 bits per heavy atom. The molecule has 2 atom stereocenters. The molecule has 112 valence electrons. The van der Waals surface area contributed by atoms with Gasteiger partial charge in [0.15, 0.2) is 0 Å². The molecule has 0 bridgehead atoms. The molecule has 0 spiro atoms. The zero-order valence-corrected chi connectivity index (χ0v) is 13.0. The SMILES string of the molecule is Cc1cc(CC2CN(C(=O)c3ccc(C)s3)CC2O)n[nH]1. The fourth-order valence-corrected chi connectivity index (χ4v) is 3.61.